The van der Waals surface area contributed by atoms with E-state index < -0.39 is 0 Å². The lowest BCUT2D eigenvalue weighted by atomic mass is 10.0. The van der Waals surface area contributed by atoms with Crippen LogP contribution >= 0.6 is 11.6 Å². The Labute approximate surface area is 147 Å². The van der Waals surface area contributed by atoms with E-state index in [-0.39, 0.29) is 0 Å². The van der Waals surface area contributed by atoms with Crippen molar-refractivity contribution in [1.82, 2.24) is 19.9 Å². The van der Waals surface area contributed by atoms with Gasteiger partial charge in [-0.3, -0.25) is 4.98 Å². The molecule has 1 aliphatic rings. The average molecular weight is 347 g/mol. The van der Waals surface area contributed by atoms with Crippen molar-refractivity contribution >= 4 is 23.2 Å². The summed E-state index contributed by atoms with van der Waals surface area (Å²) < 4.78 is 0. The number of likely N-dealkylation sites (tertiary alicyclic amines) is 1. The van der Waals surface area contributed by atoms with Crippen molar-refractivity contribution in [3.63, 3.8) is 0 Å². The molecule has 3 heterocycles. The van der Waals surface area contributed by atoms with Crippen LogP contribution < -0.4 is 10.6 Å². The minimum atomic E-state index is 0.335. The highest BCUT2D eigenvalue weighted by molar-refractivity contribution is 6.35. The van der Waals surface area contributed by atoms with Gasteiger partial charge in [0.05, 0.1) is 0 Å². The lowest BCUT2D eigenvalue weighted by Crippen LogP contribution is -2.44. The van der Waals surface area contributed by atoms with Crippen molar-refractivity contribution in [2.45, 2.75) is 25.3 Å². The molecule has 0 aliphatic carbocycles. The van der Waals surface area contributed by atoms with Crippen LogP contribution in [0.15, 0.2) is 30.7 Å². The fourth-order valence-electron chi connectivity index (χ4n) is 3.14. The van der Waals surface area contributed by atoms with Crippen molar-refractivity contribution in [1.29, 1.82) is 0 Å². The minimum absolute atomic E-state index is 0.335. The summed E-state index contributed by atoms with van der Waals surface area (Å²) in [6.45, 7) is 3.19. The number of nitrogens with two attached hydrogens (primary N) is 1. The number of nitrogen functional groups attached to an aromatic ring is 1. The molecule has 2 N–H and O–H groups in total. The second kappa shape index (κ2) is 7.77. The van der Waals surface area contributed by atoms with Gasteiger partial charge in [0.2, 0.25) is 0 Å². The molecule has 128 valence electrons. The maximum absolute atomic E-state index is 6.24. The van der Waals surface area contributed by atoms with Crippen LogP contribution in [0.25, 0.3) is 0 Å². The molecule has 24 heavy (non-hydrogen) atoms. The van der Waals surface area contributed by atoms with Crippen LogP contribution in [0.4, 0.5) is 11.6 Å². The SMILES string of the molecule is CN(c1ncnc(N)c1Cl)C1CCN(CCc2ccccn2)CC1. The molecule has 0 aromatic carbocycles. The van der Waals surface area contributed by atoms with Gasteiger partial charge in [0, 0.05) is 51.0 Å². The van der Waals surface area contributed by atoms with Crippen molar-refractivity contribution < 1.29 is 0 Å². The van der Waals surface area contributed by atoms with E-state index in [4.69, 9.17) is 17.3 Å². The molecule has 1 saturated heterocycles. The third-order valence-corrected chi connectivity index (χ3v) is 5.01. The quantitative estimate of drug-likeness (QED) is 0.895. The van der Waals surface area contributed by atoms with E-state index >= 15 is 0 Å². The van der Waals surface area contributed by atoms with Crippen LogP contribution in [0.1, 0.15) is 18.5 Å². The van der Waals surface area contributed by atoms with Gasteiger partial charge < -0.3 is 15.5 Å². The first-order valence-electron chi connectivity index (χ1n) is 8.26. The number of piperidine rings is 1. The fraction of sp³-hybridized carbons (Fsp3) is 0.471. The zero-order valence-corrected chi connectivity index (χ0v) is 14.7. The zero-order chi connectivity index (χ0) is 16.9. The molecule has 1 fully saturated rings. The van der Waals surface area contributed by atoms with Crippen LogP contribution in [-0.4, -0.2) is 52.6 Å². The van der Waals surface area contributed by atoms with Gasteiger partial charge >= 0.3 is 0 Å². The molecule has 0 bridgehead atoms. The van der Waals surface area contributed by atoms with Gasteiger partial charge in [-0.15, -0.1) is 0 Å². The molecular formula is C17H23ClN6. The molecule has 2 aromatic rings. The summed E-state index contributed by atoms with van der Waals surface area (Å²) >= 11 is 6.24. The zero-order valence-electron chi connectivity index (χ0n) is 13.9. The van der Waals surface area contributed by atoms with E-state index in [0.29, 0.717) is 16.9 Å². The molecule has 1 aliphatic heterocycles. The van der Waals surface area contributed by atoms with Crippen LogP contribution in [0, 0.1) is 0 Å². The maximum Gasteiger partial charge on any atom is 0.153 e. The van der Waals surface area contributed by atoms with Crippen molar-refractivity contribution in [2.24, 2.45) is 0 Å². The smallest absolute Gasteiger partial charge is 0.153 e. The number of anilines is 2. The number of hydrogen-bond acceptors (Lipinski definition) is 6. The number of aromatic nitrogens is 3. The van der Waals surface area contributed by atoms with Crippen molar-refractivity contribution in [3.05, 3.63) is 41.4 Å². The van der Waals surface area contributed by atoms with E-state index in [1.807, 2.05) is 25.4 Å². The van der Waals surface area contributed by atoms with Crippen LogP contribution in [0.2, 0.25) is 5.02 Å². The molecule has 0 atom stereocenters. The Kier molecular flexibility index (Phi) is 5.48. The summed E-state index contributed by atoms with van der Waals surface area (Å²) in [5.74, 6) is 1.05. The predicted molar refractivity (Wildman–Crippen MR) is 97.3 cm³/mol. The summed E-state index contributed by atoms with van der Waals surface area (Å²) in [6.07, 6.45) is 6.48. The van der Waals surface area contributed by atoms with E-state index in [1.165, 1.54) is 6.33 Å². The maximum atomic E-state index is 6.24. The second-order valence-electron chi connectivity index (χ2n) is 6.15. The standard InChI is InChI=1S/C17H23ClN6/c1-23(17-15(18)16(19)21-12-22-17)14-6-10-24(11-7-14)9-5-13-4-2-3-8-20-13/h2-4,8,12,14H,5-7,9-11H2,1H3,(H2,19,21,22). The van der Waals surface area contributed by atoms with E-state index in [9.17, 15) is 0 Å². The average Bonchev–Trinajstić information content (AvgIpc) is 2.63. The number of halogens is 1. The molecule has 0 radical (unpaired) electrons. The molecule has 0 amide bonds. The number of pyridine rings is 1. The summed E-state index contributed by atoms with van der Waals surface area (Å²) in [4.78, 5) is 17.2. The van der Waals surface area contributed by atoms with Gasteiger partial charge in [0.1, 0.15) is 17.2 Å². The van der Waals surface area contributed by atoms with Crippen molar-refractivity contribution in [3.8, 4) is 0 Å². The van der Waals surface area contributed by atoms with Gasteiger partial charge in [-0.2, -0.15) is 0 Å². The fourth-order valence-corrected chi connectivity index (χ4v) is 3.37. The third-order valence-electron chi connectivity index (χ3n) is 4.65. The topological polar surface area (TPSA) is 71.2 Å². The lowest BCUT2D eigenvalue weighted by molar-refractivity contribution is 0.212. The predicted octanol–water partition coefficient (Wildman–Crippen LogP) is 2.25. The molecule has 7 heteroatoms. The largest absolute Gasteiger partial charge is 0.382 e. The highest BCUT2D eigenvalue weighted by Crippen LogP contribution is 2.29. The summed E-state index contributed by atoms with van der Waals surface area (Å²) in [5.41, 5.74) is 6.93. The normalized spacial score (nSPS) is 16.2. The van der Waals surface area contributed by atoms with Crippen LogP contribution in [0.3, 0.4) is 0 Å². The molecular weight excluding hydrogens is 324 g/mol. The van der Waals surface area contributed by atoms with Gasteiger partial charge in [0.25, 0.3) is 0 Å². The summed E-state index contributed by atoms with van der Waals surface area (Å²) in [7, 11) is 2.03. The van der Waals surface area contributed by atoms with E-state index in [1.54, 1.807) is 0 Å². The molecule has 6 nitrogen and oxygen atoms in total. The Bertz CT molecular complexity index is 657. The van der Waals surface area contributed by atoms with Gasteiger partial charge in [0.15, 0.2) is 5.82 Å². The Morgan fingerprint density at radius 3 is 2.75 bits per heavy atom. The van der Waals surface area contributed by atoms with Crippen LogP contribution in [0.5, 0.6) is 0 Å². The minimum Gasteiger partial charge on any atom is -0.382 e. The summed E-state index contributed by atoms with van der Waals surface area (Å²) in [6, 6.07) is 6.50. The number of nitrogens with zero attached hydrogens (tertiary/aromatic N) is 5. The highest BCUT2D eigenvalue weighted by atomic mass is 35.5. The van der Waals surface area contributed by atoms with Crippen LogP contribution in [-0.2, 0) is 6.42 Å². The van der Waals surface area contributed by atoms with E-state index in [2.05, 4.69) is 30.8 Å². The number of rotatable bonds is 5. The van der Waals surface area contributed by atoms with Gasteiger partial charge in [-0.1, -0.05) is 17.7 Å². The first kappa shape index (κ1) is 16.9. The molecule has 0 saturated carbocycles. The molecule has 2 aromatic heterocycles. The van der Waals surface area contributed by atoms with Crippen molar-refractivity contribution in [2.75, 3.05) is 37.3 Å². The molecule has 0 unspecified atom stereocenters. The second-order valence-corrected chi connectivity index (χ2v) is 6.53. The lowest BCUT2D eigenvalue weighted by Gasteiger charge is -2.37. The Balaban J connectivity index is 1.52. The Morgan fingerprint density at radius 1 is 1.25 bits per heavy atom. The summed E-state index contributed by atoms with van der Waals surface area (Å²) in [5, 5.41) is 0.442. The van der Waals surface area contributed by atoms with Gasteiger partial charge in [-0.05, 0) is 25.0 Å². The first-order valence-corrected chi connectivity index (χ1v) is 8.64. The third kappa shape index (κ3) is 3.94. The highest BCUT2D eigenvalue weighted by Gasteiger charge is 2.25. The number of hydrogen-bond donors (Lipinski definition) is 1. The monoisotopic (exact) mass is 346 g/mol. The molecule has 0 spiro atoms. The van der Waals surface area contributed by atoms with E-state index in [0.717, 1.165) is 50.4 Å². The first-order chi connectivity index (χ1) is 11.6. The molecule has 3 rings (SSSR count). The Morgan fingerprint density at radius 2 is 2.04 bits per heavy atom. The van der Waals surface area contributed by atoms with Gasteiger partial charge in [-0.25, -0.2) is 9.97 Å². The Hall–Kier alpha value is -1.92.